The molecule has 1 N–H and O–H groups in total. The standard InChI is InChI=1S/C28H39N3O2/c1-6-25(22-10-8-7-9-11-22)28(33)31(18-21-12-13-21)19-23-17-24(14-15-26(23)30(4)5)29-27(32)16-20(2)3/h7-11,14-15,17,20-21,25H,6,12-13,16,18-19H2,1-5H3,(H,29,32)/t25-/m1/s1. The van der Waals surface area contributed by atoms with E-state index in [-0.39, 0.29) is 17.7 Å². The van der Waals surface area contributed by atoms with Crippen LogP contribution in [0.5, 0.6) is 0 Å². The van der Waals surface area contributed by atoms with Crippen LogP contribution in [0, 0.1) is 11.8 Å². The summed E-state index contributed by atoms with van der Waals surface area (Å²) in [6.45, 7) is 7.50. The second-order valence-electron chi connectivity index (χ2n) is 9.92. The molecule has 33 heavy (non-hydrogen) atoms. The van der Waals surface area contributed by atoms with Gasteiger partial charge in [-0.1, -0.05) is 51.1 Å². The molecule has 178 valence electrons. The van der Waals surface area contributed by atoms with Gasteiger partial charge >= 0.3 is 0 Å². The number of anilines is 2. The van der Waals surface area contributed by atoms with Gasteiger partial charge in [0.25, 0.3) is 0 Å². The predicted octanol–water partition coefficient (Wildman–Crippen LogP) is 5.67. The Morgan fingerprint density at radius 2 is 1.76 bits per heavy atom. The quantitative estimate of drug-likeness (QED) is 0.481. The molecule has 0 aromatic heterocycles. The zero-order valence-corrected chi connectivity index (χ0v) is 20.8. The molecule has 0 aliphatic heterocycles. The van der Waals surface area contributed by atoms with Crippen molar-refractivity contribution in [1.29, 1.82) is 0 Å². The zero-order chi connectivity index (χ0) is 24.0. The number of rotatable bonds is 11. The number of benzene rings is 2. The zero-order valence-electron chi connectivity index (χ0n) is 20.8. The average molecular weight is 450 g/mol. The molecule has 5 heteroatoms. The molecule has 5 nitrogen and oxygen atoms in total. The Labute approximate surface area is 199 Å². The smallest absolute Gasteiger partial charge is 0.230 e. The second kappa shape index (κ2) is 11.4. The normalized spacial score (nSPS) is 14.1. The highest BCUT2D eigenvalue weighted by atomic mass is 16.2. The maximum Gasteiger partial charge on any atom is 0.230 e. The first-order valence-corrected chi connectivity index (χ1v) is 12.2. The molecule has 0 unspecified atom stereocenters. The Morgan fingerprint density at radius 3 is 2.33 bits per heavy atom. The monoisotopic (exact) mass is 449 g/mol. The number of amides is 2. The van der Waals surface area contributed by atoms with Crippen LogP contribution in [0.15, 0.2) is 48.5 Å². The summed E-state index contributed by atoms with van der Waals surface area (Å²) in [6.07, 6.45) is 3.65. The Kier molecular flexibility index (Phi) is 8.54. The van der Waals surface area contributed by atoms with Gasteiger partial charge in [-0.15, -0.1) is 0 Å². The van der Waals surface area contributed by atoms with Gasteiger partial charge in [0.15, 0.2) is 0 Å². The summed E-state index contributed by atoms with van der Waals surface area (Å²) in [6, 6.07) is 16.1. The van der Waals surface area contributed by atoms with Crippen LogP contribution in [0.3, 0.4) is 0 Å². The molecule has 2 aromatic carbocycles. The summed E-state index contributed by atoms with van der Waals surface area (Å²) in [5.74, 6) is 0.978. The number of nitrogens with zero attached hydrogens (tertiary/aromatic N) is 2. The van der Waals surface area contributed by atoms with Crippen molar-refractivity contribution in [2.75, 3.05) is 30.9 Å². The van der Waals surface area contributed by atoms with E-state index in [9.17, 15) is 9.59 Å². The van der Waals surface area contributed by atoms with E-state index in [1.165, 1.54) is 12.8 Å². The second-order valence-corrected chi connectivity index (χ2v) is 9.92. The molecule has 0 heterocycles. The van der Waals surface area contributed by atoms with Crippen LogP contribution in [0.1, 0.15) is 63.5 Å². The lowest BCUT2D eigenvalue weighted by atomic mass is 9.94. The van der Waals surface area contributed by atoms with E-state index in [0.29, 0.717) is 24.8 Å². The Morgan fingerprint density at radius 1 is 1.06 bits per heavy atom. The molecule has 1 aliphatic carbocycles. The molecule has 2 amide bonds. The fourth-order valence-electron chi connectivity index (χ4n) is 4.32. The van der Waals surface area contributed by atoms with Gasteiger partial charge in [0.2, 0.25) is 11.8 Å². The van der Waals surface area contributed by atoms with E-state index in [2.05, 4.69) is 29.3 Å². The molecule has 2 aromatic rings. The highest BCUT2D eigenvalue weighted by Crippen LogP contribution is 2.33. The van der Waals surface area contributed by atoms with Gasteiger partial charge in [0, 0.05) is 45.0 Å². The van der Waals surface area contributed by atoms with Gasteiger partial charge in [-0.3, -0.25) is 9.59 Å². The molecule has 0 spiro atoms. The summed E-state index contributed by atoms with van der Waals surface area (Å²) in [7, 11) is 4.03. The highest BCUT2D eigenvalue weighted by Gasteiger charge is 2.31. The number of nitrogens with one attached hydrogen (secondary N) is 1. The molecule has 1 saturated carbocycles. The van der Waals surface area contributed by atoms with Gasteiger partial charge < -0.3 is 15.1 Å². The fraction of sp³-hybridized carbons (Fsp3) is 0.500. The lowest BCUT2D eigenvalue weighted by Gasteiger charge is -2.29. The lowest BCUT2D eigenvalue weighted by molar-refractivity contribution is -0.133. The maximum absolute atomic E-state index is 13.8. The molecule has 3 rings (SSSR count). The third kappa shape index (κ3) is 7.08. The number of hydrogen-bond donors (Lipinski definition) is 1. The van der Waals surface area contributed by atoms with Gasteiger partial charge in [-0.05, 0) is 60.4 Å². The van der Waals surface area contributed by atoms with Crippen molar-refractivity contribution >= 4 is 23.2 Å². The number of carbonyl (C=O) groups excluding carboxylic acids is 2. The van der Waals surface area contributed by atoms with E-state index >= 15 is 0 Å². The third-order valence-electron chi connectivity index (χ3n) is 6.20. The van der Waals surface area contributed by atoms with Crippen molar-refractivity contribution in [1.82, 2.24) is 4.90 Å². The van der Waals surface area contributed by atoms with Crippen LogP contribution >= 0.6 is 0 Å². The third-order valence-corrected chi connectivity index (χ3v) is 6.20. The van der Waals surface area contributed by atoms with Gasteiger partial charge in [-0.2, -0.15) is 0 Å². The van der Waals surface area contributed by atoms with Crippen LogP contribution < -0.4 is 10.2 Å². The maximum atomic E-state index is 13.8. The molecule has 0 radical (unpaired) electrons. The molecule has 1 fully saturated rings. The summed E-state index contributed by atoms with van der Waals surface area (Å²) < 4.78 is 0. The number of carbonyl (C=O) groups is 2. The van der Waals surface area contributed by atoms with Gasteiger partial charge in [0.1, 0.15) is 0 Å². The van der Waals surface area contributed by atoms with Gasteiger partial charge in [-0.25, -0.2) is 0 Å². The average Bonchev–Trinajstić information content (AvgIpc) is 3.58. The van der Waals surface area contributed by atoms with Crippen molar-refractivity contribution in [3.8, 4) is 0 Å². The van der Waals surface area contributed by atoms with E-state index < -0.39 is 0 Å². The minimum Gasteiger partial charge on any atom is -0.377 e. The van der Waals surface area contributed by atoms with E-state index in [1.807, 2.05) is 69.2 Å². The van der Waals surface area contributed by atoms with E-state index in [1.54, 1.807) is 0 Å². The number of hydrogen-bond acceptors (Lipinski definition) is 3. The van der Waals surface area contributed by atoms with Gasteiger partial charge in [0.05, 0.1) is 5.92 Å². The Bertz CT molecular complexity index is 935. The van der Waals surface area contributed by atoms with Crippen molar-refractivity contribution in [2.45, 2.75) is 58.9 Å². The SMILES string of the molecule is CC[C@@H](C(=O)N(Cc1cc(NC(=O)CC(C)C)ccc1N(C)C)CC1CC1)c1ccccc1. The van der Waals surface area contributed by atoms with Crippen LogP contribution in [0.2, 0.25) is 0 Å². The lowest BCUT2D eigenvalue weighted by Crippen LogP contribution is -2.36. The van der Waals surface area contributed by atoms with E-state index in [0.717, 1.165) is 35.5 Å². The topological polar surface area (TPSA) is 52.7 Å². The Balaban J connectivity index is 1.87. The molecule has 1 atom stereocenters. The van der Waals surface area contributed by atoms with Crippen LogP contribution in [-0.2, 0) is 16.1 Å². The predicted molar refractivity (Wildman–Crippen MR) is 136 cm³/mol. The minimum atomic E-state index is -0.137. The minimum absolute atomic E-state index is 0.0228. The van der Waals surface area contributed by atoms with E-state index in [4.69, 9.17) is 0 Å². The molecular formula is C28H39N3O2. The molecule has 1 aliphatic rings. The van der Waals surface area contributed by atoms with Crippen LogP contribution in [0.4, 0.5) is 11.4 Å². The van der Waals surface area contributed by atoms with Crippen LogP contribution in [0.25, 0.3) is 0 Å². The first kappa shape index (κ1) is 24.8. The summed E-state index contributed by atoms with van der Waals surface area (Å²) in [5, 5.41) is 3.03. The highest BCUT2D eigenvalue weighted by molar-refractivity contribution is 5.91. The molecule has 0 bridgehead atoms. The summed E-state index contributed by atoms with van der Waals surface area (Å²) in [5.41, 5.74) is 3.99. The first-order valence-electron chi connectivity index (χ1n) is 12.2. The summed E-state index contributed by atoms with van der Waals surface area (Å²) in [4.78, 5) is 30.2. The van der Waals surface area contributed by atoms with Crippen LogP contribution in [-0.4, -0.2) is 37.4 Å². The van der Waals surface area contributed by atoms with Crippen molar-refractivity contribution in [3.05, 3.63) is 59.7 Å². The summed E-state index contributed by atoms with van der Waals surface area (Å²) >= 11 is 0. The molecule has 0 saturated heterocycles. The molecular weight excluding hydrogens is 410 g/mol. The first-order chi connectivity index (χ1) is 15.8. The van der Waals surface area contributed by atoms with Crippen molar-refractivity contribution in [2.24, 2.45) is 11.8 Å². The Hall–Kier alpha value is -2.82. The fourth-order valence-corrected chi connectivity index (χ4v) is 4.32. The largest absolute Gasteiger partial charge is 0.377 e. The van der Waals surface area contributed by atoms with Crippen molar-refractivity contribution < 1.29 is 9.59 Å². The van der Waals surface area contributed by atoms with Crippen molar-refractivity contribution in [3.63, 3.8) is 0 Å².